The smallest absolute Gasteiger partial charge is 0.350 e. The van der Waals surface area contributed by atoms with Gasteiger partial charge in [-0.2, -0.15) is 0 Å². The number of esters is 1. The summed E-state index contributed by atoms with van der Waals surface area (Å²) >= 11 is 1.24. The lowest BCUT2D eigenvalue weighted by Gasteiger charge is -2.12. The molecule has 1 heterocycles. The maximum Gasteiger partial charge on any atom is 0.350 e. The lowest BCUT2D eigenvalue weighted by atomic mass is 10.2. The summed E-state index contributed by atoms with van der Waals surface area (Å²) in [6, 6.07) is -0.441. The quantitative estimate of drug-likeness (QED) is 0.777. The van der Waals surface area contributed by atoms with Crippen LogP contribution in [0.25, 0.3) is 0 Å². The molecule has 0 aliphatic carbocycles. The average Bonchev–Trinajstić information content (AvgIpc) is 2.70. The number of nitrogens with one attached hydrogen (secondary N) is 1. The van der Waals surface area contributed by atoms with E-state index in [9.17, 15) is 9.59 Å². The van der Waals surface area contributed by atoms with E-state index >= 15 is 0 Å². The molecule has 0 fully saturated rings. The second kappa shape index (κ2) is 7.35. The SMILES string of the molecule is CCOC(=O)c1sc(C(C)NC(=O)CC(C)N)nc1C. The van der Waals surface area contributed by atoms with E-state index < -0.39 is 0 Å². The standard InChI is InChI=1S/C13H21N3O3S/c1-5-19-13(18)11-8(3)16-12(20-11)9(4)15-10(17)6-7(2)14/h7,9H,5-6,14H2,1-4H3,(H,15,17). The van der Waals surface area contributed by atoms with Crippen LogP contribution in [0.3, 0.4) is 0 Å². The van der Waals surface area contributed by atoms with Gasteiger partial charge in [0.05, 0.1) is 18.3 Å². The number of thiazole rings is 1. The number of hydrogen-bond donors (Lipinski definition) is 2. The summed E-state index contributed by atoms with van der Waals surface area (Å²) in [6.45, 7) is 7.43. The molecule has 0 spiro atoms. The third-order valence-electron chi connectivity index (χ3n) is 2.53. The number of hydrogen-bond acceptors (Lipinski definition) is 6. The first kappa shape index (κ1) is 16.6. The van der Waals surface area contributed by atoms with Gasteiger partial charge in [0, 0.05) is 12.5 Å². The molecule has 0 aliphatic heterocycles. The van der Waals surface area contributed by atoms with Crippen molar-refractivity contribution in [2.75, 3.05) is 6.61 Å². The predicted molar refractivity (Wildman–Crippen MR) is 77.6 cm³/mol. The Balaban J connectivity index is 2.74. The number of carbonyl (C=O) groups is 2. The molecule has 1 amide bonds. The fraction of sp³-hybridized carbons (Fsp3) is 0.615. The summed E-state index contributed by atoms with van der Waals surface area (Å²) in [4.78, 5) is 28.2. The van der Waals surface area contributed by atoms with Crippen molar-refractivity contribution < 1.29 is 14.3 Å². The number of aromatic nitrogens is 1. The zero-order valence-electron chi connectivity index (χ0n) is 12.2. The molecule has 0 aliphatic rings. The number of amides is 1. The minimum atomic E-state index is -0.372. The number of nitrogens with zero attached hydrogens (tertiary/aromatic N) is 1. The van der Waals surface area contributed by atoms with Gasteiger partial charge in [-0.25, -0.2) is 9.78 Å². The fourth-order valence-electron chi connectivity index (χ4n) is 1.64. The maximum atomic E-state index is 11.7. The molecule has 1 aromatic rings. The lowest BCUT2D eigenvalue weighted by Crippen LogP contribution is -2.31. The van der Waals surface area contributed by atoms with E-state index in [1.54, 1.807) is 20.8 Å². The van der Waals surface area contributed by atoms with Crippen LogP contribution in [0, 0.1) is 6.92 Å². The minimum Gasteiger partial charge on any atom is -0.462 e. The van der Waals surface area contributed by atoms with Gasteiger partial charge in [-0.3, -0.25) is 4.79 Å². The van der Waals surface area contributed by atoms with E-state index in [0.29, 0.717) is 22.2 Å². The van der Waals surface area contributed by atoms with Gasteiger partial charge in [-0.15, -0.1) is 11.3 Å². The molecule has 3 N–H and O–H groups in total. The summed E-state index contributed by atoms with van der Waals surface area (Å²) < 4.78 is 4.96. The first-order valence-corrected chi connectivity index (χ1v) is 7.36. The summed E-state index contributed by atoms with van der Waals surface area (Å²) in [6.07, 6.45) is 0.263. The van der Waals surface area contributed by atoms with Crippen LogP contribution in [-0.2, 0) is 9.53 Å². The third kappa shape index (κ3) is 4.57. The molecule has 0 aromatic carbocycles. The Bertz CT molecular complexity index is 485. The second-order valence-corrected chi connectivity index (χ2v) is 5.69. The number of nitrogens with two attached hydrogens (primary N) is 1. The normalized spacial score (nSPS) is 13.7. The zero-order chi connectivity index (χ0) is 15.3. The number of rotatable bonds is 6. The maximum absolute atomic E-state index is 11.7. The van der Waals surface area contributed by atoms with Gasteiger partial charge in [0.25, 0.3) is 0 Å². The third-order valence-corrected chi connectivity index (χ3v) is 3.85. The molecule has 6 nitrogen and oxygen atoms in total. The van der Waals surface area contributed by atoms with Crippen molar-refractivity contribution in [1.82, 2.24) is 10.3 Å². The molecule has 1 rings (SSSR count). The van der Waals surface area contributed by atoms with Crippen molar-refractivity contribution >= 4 is 23.2 Å². The molecule has 20 heavy (non-hydrogen) atoms. The first-order valence-electron chi connectivity index (χ1n) is 6.54. The van der Waals surface area contributed by atoms with Gasteiger partial charge < -0.3 is 15.8 Å². The fourth-order valence-corrected chi connectivity index (χ4v) is 2.61. The molecule has 0 bridgehead atoms. The van der Waals surface area contributed by atoms with E-state index in [1.807, 2.05) is 6.92 Å². The topological polar surface area (TPSA) is 94.3 Å². The Hall–Kier alpha value is -1.47. The molecule has 0 saturated heterocycles. The number of aryl methyl sites for hydroxylation is 1. The van der Waals surface area contributed by atoms with Gasteiger partial charge in [-0.05, 0) is 27.7 Å². The molecule has 112 valence electrons. The Morgan fingerprint density at radius 1 is 1.45 bits per heavy atom. The Morgan fingerprint density at radius 3 is 2.65 bits per heavy atom. The molecular formula is C13H21N3O3S. The lowest BCUT2D eigenvalue weighted by molar-refractivity contribution is -0.122. The summed E-state index contributed by atoms with van der Waals surface area (Å²) in [5.74, 6) is -0.499. The van der Waals surface area contributed by atoms with Gasteiger partial charge in [0.2, 0.25) is 5.91 Å². The van der Waals surface area contributed by atoms with Crippen molar-refractivity contribution in [2.24, 2.45) is 5.73 Å². The first-order chi connectivity index (χ1) is 9.35. The summed E-state index contributed by atoms with van der Waals surface area (Å²) in [5.41, 5.74) is 6.20. The molecule has 0 radical (unpaired) electrons. The van der Waals surface area contributed by atoms with Crippen LogP contribution in [0.5, 0.6) is 0 Å². The van der Waals surface area contributed by atoms with Crippen molar-refractivity contribution in [3.63, 3.8) is 0 Å². The van der Waals surface area contributed by atoms with Crippen LogP contribution < -0.4 is 11.1 Å². The highest BCUT2D eigenvalue weighted by Crippen LogP contribution is 2.24. The largest absolute Gasteiger partial charge is 0.462 e. The van der Waals surface area contributed by atoms with Crippen LogP contribution >= 0.6 is 11.3 Å². The highest BCUT2D eigenvalue weighted by Gasteiger charge is 2.20. The monoisotopic (exact) mass is 299 g/mol. The molecular weight excluding hydrogens is 278 g/mol. The zero-order valence-corrected chi connectivity index (χ0v) is 13.0. The summed E-state index contributed by atoms with van der Waals surface area (Å²) in [5, 5.41) is 3.50. The van der Waals surface area contributed by atoms with E-state index in [2.05, 4.69) is 10.3 Å². The molecule has 2 unspecified atom stereocenters. The molecule has 0 saturated carbocycles. The van der Waals surface area contributed by atoms with Crippen LogP contribution in [0.2, 0.25) is 0 Å². The van der Waals surface area contributed by atoms with Crippen molar-refractivity contribution in [3.05, 3.63) is 15.6 Å². The van der Waals surface area contributed by atoms with Crippen molar-refractivity contribution in [3.8, 4) is 0 Å². The van der Waals surface area contributed by atoms with Crippen molar-refractivity contribution in [1.29, 1.82) is 0 Å². The Morgan fingerprint density at radius 2 is 2.10 bits per heavy atom. The van der Waals surface area contributed by atoms with E-state index in [1.165, 1.54) is 11.3 Å². The van der Waals surface area contributed by atoms with Crippen LogP contribution in [0.1, 0.15) is 53.6 Å². The van der Waals surface area contributed by atoms with Crippen LogP contribution in [0.15, 0.2) is 0 Å². The molecule has 1 aromatic heterocycles. The second-order valence-electron chi connectivity index (χ2n) is 4.66. The van der Waals surface area contributed by atoms with Crippen LogP contribution in [0.4, 0.5) is 0 Å². The van der Waals surface area contributed by atoms with Crippen LogP contribution in [-0.4, -0.2) is 29.5 Å². The number of ether oxygens (including phenoxy) is 1. The average molecular weight is 299 g/mol. The minimum absolute atomic E-state index is 0.127. The van der Waals surface area contributed by atoms with E-state index in [4.69, 9.17) is 10.5 Å². The van der Waals surface area contributed by atoms with E-state index in [0.717, 1.165) is 0 Å². The van der Waals surface area contributed by atoms with Gasteiger partial charge in [0.1, 0.15) is 9.88 Å². The van der Waals surface area contributed by atoms with E-state index in [-0.39, 0.29) is 30.4 Å². The van der Waals surface area contributed by atoms with Crippen molar-refractivity contribution in [2.45, 2.75) is 46.2 Å². The van der Waals surface area contributed by atoms with Gasteiger partial charge in [-0.1, -0.05) is 0 Å². The highest BCUT2D eigenvalue weighted by atomic mass is 32.1. The number of carbonyl (C=O) groups excluding carboxylic acids is 2. The summed E-state index contributed by atoms with van der Waals surface area (Å²) in [7, 11) is 0. The Labute approximate surface area is 122 Å². The Kier molecular flexibility index (Phi) is 6.09. The molecule has 7 heteroatoms. The van der Waals surface area contributed by atoms with Gasteiger partial charge >= 0.3 is 5.97 Å². The highest BCUT2D eigenvalue weighted by molar-refractivity contribution is 7.13. The van der Waals surface area contributed by atoms with Gasteiger partial charge in [0.15, 0.2) is 0 Å². The predicted octanol–water partition coefficient (Wildman–Crippen LogP) is 1.54. The molecule has 2 atom stereocenters.